The molecule has 0 spiro atoms. The molecule has 0 aliphatic rings. The van der Waals surface area contributed by atoms with Crippen molar-refractivity contribution >= 4 is 0 Å². The maximum atomic E-state index is 11.3. The Hall–Kier alpha value is -2.17. The summed E-state index contributed by atoms with van der Waals surface area (Å²) in [6.45, 7) is 3.77. The third-order valence-electron chi connectivity index (χ3n) is 2.90. The van der Waals surface area contributed by atoms with Gasteiger partial charge in [0.25, 0.3) is 0 Å². The van der Waals surface area contributed by atoms with E-state index >= 15 is 0 Å². The first-order valence-electron chi connectivity index (χ1n) is 5.58. The summed E-state index contributed by atoms with van der Waals surface area (Å²) in [5.41, 5.74) is 3.04. The van der Waals surface area contributed by atoms with E-state index < -0.39 is 0 Å². The van der Waals surface area contributed by atoms with Crippen LogP contribution in [-0.2, 0) is 0 Å². The molecule has 0 bridgehead atoms. The van der Waals surface area contributed by atoms with Crippen molar-refractivity contribution in [1.82, 2.24) is 9.97 Å². The van der Waals surface area contributed by atoms with Gasteiger partial charge >= 0.3 is 5.69 Å². The first-order valence-corrected chi connectivity index (χ1v) is 5.58. The lowest BCUT2D eigenvalue weighted by atomic mass is 10.1. The third-order valence-corrected chi connectivity index (χ3v) is 2.90. The van der Waals surface area contributed by atoms with E-state index in [1.807, 2.05) is 26.0 Å². The summed E-state index contributed by atoms with van der Waals surface area (Å²) in [7, 11) is 3.22. The van der Waals surface area contributed by atoms with Crippen LogP contribution in [0, 0.1) is 13.8 Å². The molecule has 1 aromatic carbocycles. The number of aromatic amines is 2. The number of hydrogen-bond donors (Lipinski definition) is 2. The SMILES string of the molecule is COc1cc(-c2[nH]c(=O)[nH]c2C)c(OC)cc1C. The van der Waals surface area contributed by atoms with Crippen LogP contribution in [-0.4, -0.2) is 24.2 Å². The highest BCUT2D eigenvalue weighted by molar-refractivity contribution is 5.71. The number of methoxy groups -OCH3 is 2. The lowest BCUT2D eigenvalue weighted by molar-refractivity contribution is 0.401. The van der Waals surface area contributed by atoms with E-state index in [-0.39, 0.29) is 5.69 Å². The summed E-state index contributed by atoms with van der Waals surface area (Å²) >= 11 is 0. The van der Waals surface area contributed by atoms with E-state index in [2.05, 4.69) is 9.97 Å². The first-order chi connectivity index (χ1) is 8.56. The van der Waals surface area contributed by atoms with Gasteiger partial charge in [0.2, 0.25) is 0 Å². The Labute approximate surface area is 105 Å². The molecule has 5 nitrogen and oxygen atoms in total. The molecule has 0 aliphatic carbocycles. The largest absolute Gasteiger partial charge is 0.496 e. The molecule has 18 heavy (non-hydrogen) atoms. The zero-order chi connectivity index (χ0) is 13.3. The minimum absolute atomic E-state index is 0.232. The van der Waals surface area contributed by atoms with Crippen LogP contribution < -0.4 is 15.2 Å². The number of ether oxygens (including phenoxy) is 2. The van der Waals surface area contributed by atoms with Gasteiger partial charge < -0.3 is 19.4 Å². The molecule has 0 radical (unpaired) electrons. The molecule has 1 heterocycles. The fourth-order valence-corrected chi connectivity index (χ4v) is 1.99. The molecular formula is C13H16N2O3. The Morgan fingerprint density at radius 2 is 1.67 bits per heavy atom. The molecule has 0 fully saturated rings. The lowest BCUT2D eigenvalue weighted by Crippen LogP contribution is -2.00. The normalized spacial score (nSPS) is 10.4. The molecule has 0 atom stereocenters. The molecule has 2 N–H and O–H groups in total. The second-order valence-electron chi connectivity index (χ2n) is 4.10. The fourth-order valence-electron chi connectivity index (χ4n) is 1.99. The molecule has 0 aliphatic heterocycles. The summed E-state index contributed by atoms with van der Waals surface area (Å²) in [5, 5.41) is 0. The molecule has 0 unspecified atom stereocenters. The Morgan fingerprint density at radius 3 is 2.17 bits per heavy atom. The maximum Gasteiger partial charge on any atom is 0.323 e. The average Bonchev–Trinajstić information content (AvgIpc) is 2.68. The van der Waals surface area contributed by atoms with Gasteiger partial charge in [-0.15, -0.1) is 0 Å². The molecule has 0 saturated heterocycles. The third kappa shape index (κ3) is 1.99. The summed E-state index contributed by atoms with van der Waals surface area (Å²) < 4.78 is 10.6. The van der Waals surface area contributed by atoms with Crippen molar-refractivity contribution in [3.05, 3.63) is 33.9 Å². The van der Waals surface area contributed by atoms with E-state index in [1.165, 1.54) is 0 Å². The molecule has 5 heteroatoms. The molecule has 96 valence electrons. The number of aryl methyl sites for hydroxylation is 2. The van der Waals surface area contributed by atoms with Crippen LogP contribution in [0.15, 0.2) is 16.9 Å². The summed E-state index contributed by atoms with van der Waals surface area (Å²) in [4.78, 5) is 16.8. The van der Waals surface area contributed by atoms with Crippen molar-refractivity contribution in [2.75, 3.05) is 14.2 Å². The monoisotopic (exact) mass is 248 g/mol. The standard InChI is InChI=1S/C13H16N2O3/c1-7-5-11(18-4)9(6-10(7)17-3)12-8(2)14-13(16)15-12/h5-6H,1-4H3,(H2,14,15,16). The van der Waals surface area contributed by atoms with Gasteiger partial charge in [-0.1, -0.05) is 0 Å². The smallest absolute Gasteiger partial charge is 0.323 e. The number of nitrogens with one attached hydrogen (secondary N) is 2. The van der Waals surface area contributed by atoms with E-state index in [4.69, 9.17) is 9.47 Å². The van der Waals surface area contributed by atoms with E-state index in [0.717, 1.165) is 28.3 Å². The maximum absolute atomic E-state index is 11.3. The van der Waals surface area contributed by atoms with E-state index in [0.29, 0.717) is 5.75 Å². The second-order valence-corrected chi connectivity index (χ2v) is 4.10. The number of benzene rings is 1. The number of H-pyrrole nitrogens is 2. The quantitative estimate of drug-likeness (QED) is 0.873. The van der Waals surface area contributed by atoms with Crippen molar-refractivity contribution in [2.24, 2.45) is 0 Å². The van der Waals surface area contributed by atoms with Gasteiger partial charge in [-0.25, -0.2) is 4.79 Å². The predicted molar refractivity (Wildman–Crippen MR) is 69.4 cm³/mol. The van der Waals surface area contributed by atoms with Gasteiger partial charge in [0.05, 0.1) is 19.9 Å². The van der Waals surface area contributed by atoms with Crippen LogP contribution in [0.25, 0.3) is 11.3 Å². The lowest BCUT2D eigenvalue weighted by Gasteiger charge is -2.12. The number of aromatic nitrogens is 2. The Kier molecular flexibility index (Phi) is 3.14. The van der Waals surface area contributed by atoms with Gasteiger partial charge in [-0.2, -0.15) is 0 Å². The zero-order valence-corrected chi connectivity index (χ0v) is 10.9. The topological polar surface area (TPSA) is 67.1 Å². The first kappa shape index (κ1) is 12.3. The van der Waals surface area contributed by atoms with Crippen LogP contribution in [0.5, 0.6) is 11.5 Å². The van der Waals surface area contributed by atoms with Gasteiger partial charge in [-0.05, 0) is 31.5 Å². The molecule has 2 aromatic rings. The minimum Gasteiger partial charge on any atom is -0.496 e. The van der Waals surface area contributed by atoms with Crippen molar-refractivity contribution in [1.29, 1.82) is 0 Å². The molecule has 0 amide bonds. The van der Waals surface area contributed by atoms with Crippen molar-refractivity contribution in [3.63, 3.8) is 0 Å². The Balaban J connectivity index is 2.69. The van der Waals surface area contributed by atoms with Gasteiger partial charge in [0, 0.05) is 11.3 Å². The highest BCUT2D eigenvalue weighted by Gasteiger charge is 2.14. The van der Waals surface area contributed by atoms with Crippen LogP contribution in [0.2, 0.25) is 0 Å². The summed E-state index contributed by atoms with van der Waals surface area (Å²) in [5.74, 6) is 1.46. The Morgan fingerprint density at radius 1 is 1.00 bits per heavy atom. The molecule has 1 aromatic heterocycles. The summed E-state index contributed by atoms with van der Waals surface area (Å²) in [6.07, 6.45) is 0. The van der Waals surface area contributed by atoms with E-state index in [1.54, 1.807) is 14.2 Å². The Bertz CT molecular complexity index is 626. The predicted octanol–water partition coefficient (Wildman–Crippen LogP) is 2.00. The average molecular weight is 248 g/mol. The van der Waals surface area contributed by atoms with Crippen molar-refractivity contribution < 1.29 is 9.47 Å². The fraction of sp³-hybridized carbons (Fsp3) is 0.308. The van der Waals surface area contributed by atoms with Gasteiger partial charge in [-0.3, -0.25) is 0 Å². The molecular weight excluding hydrogens is 232 g/mol. The van der Waals surface area contributed by atoms with Crippen LogP contribution in [0.4, 0.5) is 0 Å². The molecule has 2 rings (SSSR count). The number of hydrogen-bond acceptors (Lipinski definition) is 3. The highest BCUT2D eigenvalue weighted by Crippen LogP contribution is 2.35. The zero-order valence-electron chi connectivity index (χ0n) is 10.9. The molecule has 0 saturated carbocycles. The van der Waals surface area contributed by atoms with Crippen LogP contribution >= 0.6 is 0 Å². The van der Waals surface area contributed by atoms with Crippen LogP contribution in [0.1, 0.15) is 11.3 Å². The number of imidazole rings is 1. The van der Waals surface area contributed by atoms with Gasteiger partial charge in [0.15, 0.2) is 0 Å². The van der Waals surface area contributed by atoms with Crippen molar-refractivity contribution in [3.8, 4) is 22.8 Å². The van der Waals surface area contributed by atoms with E-state index in [9.17, 15) is 4.79 Å². The van der Waals surface area contributed by atoms with Crippen LogP contribution in [0.3, 0.4) is 0 Å². The highest BCUT2D eigenvalue weighted by atomic mass is 16.5. The second kappa shape index (κ2) is 4.60. The van der Waals surface area contributed by atoms with Gasteiger partial charge in [0.1, 0.15) is 11.5 Å². The minimum atomic E-state index is -0.232. The number of rotatable bonds is 3. The van der Waals surface area contributed by atoms with Crippen molar-refractivity contribution in [2.45, 2.75) is 13.8 Å². The summed E-state index contributed by atoms with van der Waals surface area (Å²) in [6, 6.07) is 3.75.